The van der Waals surface area contributed by atoms with Gasteiger partial charge in [0.25, 0.3) is 5.91 Å². The van der Waals surface area contributed by atoms with Crippen molar-refractivity contribution in [1.82, 2.24) is 4.90 Å². The first-order valence-electron chi connectivity index (χ1n) is 7.77. The molecule has 0 saturated carbocycles. The van der Waals surface area contributed by atoms with Crippen molar-refractivity contribution < 1.29 is 14.3 Å². The number of carbonyl (C=O) groups is 1. The summed E-state index contributed by atoms with van der Waals surface area (Å²) in [5, 5.41) is 10.9. The van der Waals surface area contributed by atoms with Crippen LogP contribution in [0.4, 0.5) is 10.1 Å². The van der Waals surface area contributed by atoms with Gasteiger partial charge in [0.1, 0.15) is 5.82 Å². The number of anilines is 1. The molecular formula is C18H18ClFN2O2. The lowest BCUT2D eigenvalue weighted by Crippen LogP contribution is -2.50. The van der Waals surface area contributed by atoms with Gasteiger partial charge in [0.15, 0.2) is 6.10 Å². The van der Waals surface area contributed by atoms with E-state index in [1.807, 2.05) is 24.3 Å². The van der Waals surface area contributed by atoms with E-state index in [4.69, 9.17) is 11.6 Å². The second-order valence-electron chi connectivity index (χ2n) is 5.74. The minimum atomic E-state index is -1.26. The number of halogens is 2. The van der Waals surface area contributed by atoms with Gasteiger partial charge in [-0.15, -0.1) is 0 Å². The zero-order chi connectivity index (χ0) is 17.1. The molecule has 1 N–H and O–H groups in total. The molecule has 1 amide bonds. The Morgan fingerprint density at radius 1 is 1.00 bits per heavy atom. The van der Waals surface area contributed by atoms with E-state index in [2.05, 4.69) is 4.90 Å². The van der Waals surface area contributed by atoms with E-state index in [0.29, 0.717) is 36.8 Å². The van der Waals surface area contributed by atoms with Crippen LogP contribution in [-0.4, -0.2) is 42.1 Å². The fourth-order valence-electron chi connectivity index (χ4n) is 2.80. The first-order valence-corrected chi connectivity index (χ1v) is 8.15. The number of aliphatic hydroxyl groups excluding tert-OH is 1. The number of amides is 1. The van der Waals surface area contributed by atoms with Crippen molar-refractivity contribution in [3.05, 3.63) is 64.9 Å². The van der Waals surface area contributed by atoms with Gasteiger partial charge in [-0.2, -0.15) is 0 Å². The lowest BCUT2D eigenvalue weighted by atomic mass is 10.1. The summed E-state index contributed by atoms with van der Waals surface area (Å²) in [7, 11) is 0. The number of nitrogens with zero attached hydrogens (tertiary/aromatic N) is 2. The molecule has 2 aromatic carbocycles. The molecule has 1 aliphatic heterocycles. The van der Waals surface area contributed by atoms with Crippen LogP contribution in [0.3, 0.4) is 0 Å². The van der Waals surface area contributed by atoms with Crippen molar-refractivity contribution in [2.24, 2.45) is 0 Å². The summed E-state index contributed by atoms with van der Waals surface area (Å²) < 4.78 is 12.9. The molecule has 3 rings (SSSR count). The van der Waals surface area contributed by atoms with Crippen LogP contribution < -0.4 is 4.90 Å². The van der Waals surface area contributed by atoms with Gasteiger partial charge in [0.2, 0.25) is 0 Å². The molecule has 0 radical (unpaired) electrons. The second kappa shape index (κ2) is 7.20. The third kappa shape index (κ3) is 3.68. The maximum Gasteiger partial charge on any atom is 0.256 e. The molecule has 1 aliphatic rings. The SMILES string of the molecule is O=C(C(O)c1ccc(F)cc1)N1CCN(c2ccc(Cl)cc2)CC1. The van der Waals surface area contributed by atoms with E-state index in [1.165, 1.54) is 24.3 Å². The van der Waals surface area contributed by atoms with Crippen molar-refractivity contribution in [1.29, 1.82) is 0 Å². The Morgan fingerprint density at radius 2 is 1.58 bits per heavy atom. The molecule has 1 unspecified atom stereocenters. The molecule has 1 atom stereocenters. The molecule has 0 aromatic heterocycles. The summed E-state index contributed by atoms with van der Waals surface area (Å²) in [6.07, 6.45) is -1.26. The average Bonchev–Trinajstić information content (AvgIpc) is 2.62. The molecule has 0 aliphatic carbocycles. The molecule has 24 heavy (non-hydrogen) atoms. The predicted molar refractivity (Wildman–Crippen MR) is 91.6 cm³/mol. The van der Waals surface area contributed by atoms with Gasteiger partial charge in [-0.05, 0) is 42.0 Å². The van der Waals surface area contributed by atoms with Gasteiger partial charge in [-0.3, -0.25) is 4.79 Å². The highest BCUT2D eigenvalue weighted by Gasteiger charge is 2.27. The highest BCUT2D eigenvalue weighted by atomic mass is 35.5. The first kappa shape index (κ1) is 16.7. The third-order valence-corrected chi connectivity index (χ3v) is 4.45. The summed E-state index contributed by atoms with van der Waals surface area (Å²) >= 11 is 5.90. The molecule has 6 heteroatoms. The highest BCUT2D eigenvalue weighted by molar-refractivity contribution is 6.30. The lowest BCUT2D eigenvalue weighted by Gasteiger charge is -2.37. The Labute approximate surface area is 145 Å². The molecule has 126 valence electrons. The van der Waals surface area contributed by atoms with Crippen LogP contribution in [0.5, 0.6) is 0 Å². The Hall–Kier alpha value is -2.11. The van der Waals surface area contributed by atoms with Gasteiger partial charge in [0, 0.05) is 36.9 Å². The van der Waals surface area contributed by atoms with Crippen molar-refractivity contribution in [3.8, 4) is 0 Å². The zero-order valence-electron chi connectivity index (χ0n) is 13.0. The molecular weight excluding hydrogens is 331 g/mol. The first-order chi connectivity index (χ1) is 11.5. The summed E-state index contributed by atoms with van der Waals surface area (Å²) in [4.78, 5) is 16.2. The maximum absolute atomic E-state index is 12.9. The van der Waals surface area contributed by atoms with Crippen LogP contribution in [0.25, 0.3) is 0 Å². The van der Waals surface area contributed by atoms with Crippen molar-refractivity contribution in [3.63, 3.8) is 0 Å². The lowest BCUT2D eigenvalue weighted by molar-refractivity contribution is -0.140. The normalized spacial score (nSPS) is 16.1. The van der Waals surface area contributed by atoms with Gasteiger partial charge in [-0.1, -0.05) is 23.7 Å². The number of rotatable bonds is 3. The third-order valence-electron chi connectivity index (χ3n) is 4.20. The fourth-order valence-corrected chi connectivity index (χ4v) is 2.92. The molecule has 1 heterocycles. The Kier molecular flexibility index (Phi) is 5.02. The van der Waals surface area contributed by atoms with E-state index in [-0.39, 0.29) is 5.91 Å². The van der Waals surface area contributed by atoms with Crippen LogP contribution in [0.15, 0.2) is 48.5 Å². The summed E-state index contributed by atoms with van der Waals surface area (Å²) in [5.41, 5.74) is 1.46. The minimum absolute atomic E-state index is 0.350. The van der Waals surface area contributed by atoms with Crippen molar-refractivity contribution in [2.45, 2.75) is 6.10 Å². The maximum atomic E-state index is 12.9. The number of aliphatic hydroxyl groups is 1. The Bertz CT molecular complexity index is 698. The average molecular weight is 349 g/mol. The van der Waals surface area contributed by atoms with E-state index < -0.39 is 11.9 Å². The Balaban J connectivity index is 1.60. The monoisotopic (exact) mass is 348 g/mol. The van der Waals surface area contributed by atoms with Crippen LogP contribution in [-0.2, 0) is 4.79 Å². The van der Waals surface area contributed by atoms with Crippen LogP contribution in [0.1, 0.15) is 11.7 Å². The van der Waals surface area contributed by atoms with E-state index in [0.717, 1.165) is 5.69 Å². The number of hydrogen-bond acceptors (Lipinski definition) is 3. The van der Waals surface area contributed by atoms with Gasteiger partial charge < -0.3 is 14.9 Å². The standard InChI is InChI=1S/C18H18ClFN2O2/c19-14-3-7-16(8-4-14)21-9-11-22(12-10-21)18(24)17(23)13-1-5-15(20)6-2-13/h1-8,17,23H,9-12H2. The molecule has 1 fully saturated rings. The fraction of sp³-hybridized carbons (Fsp3) is 0.278. The summed E-state index contributed by atoms with van der Waals surface area (Å²) in [5.74, 6) is -0.743. The topological polar surface area (TPSA) is 43.8 Å². The zero-order valence-corrected chi connectivity index (χ0v) is 13.8. The van der Waals surface area contributed by atoms with E-state index in [9.17, 15) is 14.3 Å². The van der Waals surface area contributed by atoms with Gasteiger partial charge in [0.05, 0.1) is 0 Å². The highest BCUT2D eigenvalue weighted by Crippen LogP contribution is 2.21. The molecule has 0 bridgehead atoms. The van der Waals surface area contributed by atoms with E-state index >= 15 is 0 Å². The summed E-state index contributed by atoms with van der Waals surface area (Å²) in [6, 6.07) is 12.9. The second-order valence-corrected chi connectivity index (χ2v) is 6.18. The number of hydrogen-bond donors (Lipinski definition) is 1. The smallest absolute Gasteiger partial charge is 0.256 e. The van der Waals surface area contributed by atoms with Crippen LogP contribution in [0.2, 0.25) is 5.02 Å². The molecule has 2 aromatic rings. The predicted octanol–water partition coefficient (Wildman–Crippen LogP) is 2.86. The number of carbonyl (C=O) groups excluding carboxylic acids is 1. The minimum Gasteiger partial charge on any atom is -0.378 e. The van der Waals surface area contributed by atoms with Crippen molar-refractivity contribution >= 4 is 23.2 Å². The van der Waals surface area contributed by atoms with Crippen molar-refractivity contribution in [2.75, 3.05) is 31.1 Å². The number of piperazine rings is 1. The van der Waals surface area contributed by atoms with E-state index in [1.54, 1.807) is 4.90 Å². The molecule has 4 nitrogen and oxygen atoms in total. The van der Waals surface area contributed by atoms with Gasteiger partial charge in [-0.25, -0.2) is 4.39 Å². The molecule has 1 saturated heterocycles. The Morgan fingerprint density at radius 3 is 2.17 bits per heavy atom. The summed E-state index contributed by atoms with van der Waals surface area (Å²) in [6.45, 7) is 2.42. The quantitative estimate of drug-likeness (QED) is 0.927. The largest absolute Gasteiger partial charge is 0.378 e. The molecule has 0 spiro atoms. The van der Waals surface area contributed by atoms with Crippen LogP contribution >= 0.6 is 11.6 Å². The number of benzene rings is 2. The van der Waals surface area contributed by atoms with Gasteiger partial charge >= 0.3 is 0 Å². The van der Waals surface area contributed by atoms with Crippen LogP contribution in [0, 0.1) is 5.82 Å².